The maximum atomic E-state index is 13.4. The number of esters is 1. The van der Waals surface area contributed by atoms with Gasteiger partial charge in [-0.1, -0.05) is 24.3 Å². The molecule has 4 rings (SSSR count). The summed E-state index contributed by atoms with van der Waals surface area (Å²) in [5.41, 5.74) is 1.37. The van der Waals surface area contributed by atoms with Crippen LogP contribution in [0.1, 0.15) is 21.7 Å². The highest BCUT2D eigenvalue weighted by Crippen LogP contribution is 2.49. The molecule has 0 aliphatic heterocycles. The average molecular weight is 429 g/mol. The topological polar surface area (TPSA) is 92.7 Å². The van der Waals surface area contributed by atoms with Gasteiger partial charge in [-0.3, -0.25) is 9.59 Å². The van der Waals surface area contributed by atoms with Crippen molar-refractivity contribution >= 4 is 34.2 Å². The van der Waals surface area contributed by atoms with Crippen LogP contribution in [0.4, 0.5) is 9.39 Å². The SMILES string of the molecule is COC(=O)c1c(NC(=O)[C@H]2[C@@H](C(=O)O)[C@H]3C=C[C@H]2C3)sc(C)c1-c1ccc(F)cc1. The standard InChI is InChI=1S/C22H20FNO5S/c1-10-15(11-5-7-14(23)8-6-11)18(22(28)29-2)20(30-10)24-19(25)16-12-3-4-13(9-12)17(16)21(26)27/h3-8,12-13,16-17H,9H2,1-2H3,(H,24,25)(H,26,27)/t12-,13-,16+,17-/m0/s1. The molecule has 0 spiro atoms. The van der Waals surface area contributed by atoms with Crippen molar-refractivity contribution in [3.05, 3.63) is 52.7 Å². The van der Waals surface area contributed by atoms with E-state index >= 15 is 0 Å². The molecule has 2 N–H and O–H groups in total. The van der Waals surface area contributed by atoms with Gasteiger partial charge < -0.3 is 15.2 Å². The summed E-state index contributed by atoms with van der Waals surface area (Å²) in [4.78, 5) is 38.1. The Morgan fingerprint density at radius 1 is 1.13 bits per heavy atom. The molecule has 156 valence electrons. The maximum absolute atomic E-state index is 13.4. The number of anilines is 1. The van der Waals surface area contributed by atoms with Gasteiger partial charge in [0.25, 0.3) is 0 Å². The smallest absolute Gasteiger partial charge is 0.341 e. The molecule has 1 aromatic carbocycles. The van der Waals surface area contributed by atoms with Crippen LogP contribution in [0.2, 0.25) is 0 Å². The van der Waals surface area contributed by atoms with Gasteiger partial charge >= 0.3 is 11.9 Å². The molecule has 1 aromatic heterocycles. The van der Waals surface area contributed by atoms with Crippen LogP contribution < -0.4 is 5.32 Å². The minimum Gasteiger partial charge on any atom is -0.481 e. The van der Waals surface area contributed by atoms with Gasteiger partial charge in [-0.15, -0.1) is 11.3 Å². The van der Waals surface area contributed by atoms with Crippen LogP contribution in [0.15, 0.2) is 36.4 Å². The van der Waals surface area contributed by atoms with Gasteiger partial charge in [0.1, 0.15) is 16.4 Å². The van der Waals surface area contributed by atoms with Gasteiger partial charge in [0, 0.05) is 10.4 Å². The van der Waals surface area contributed by atoms with Crippen molar-refractivity contribution in [3.63, 3.8) is 0 Å². The summed E-state index contributed by atoms with van der Waals surface area (Å²) in [6, 6.07) is 5.71. The average Bonchev–Trinajstić information content (AvgIpc) is 3.41. The second-order valence-corrected chi connectivity index (χ2v) is 8.79. The minimum atomic E-state index is -0.991. The molecule has 1 amide bonds. The number of carboxylic acid groups (broad SMARTS) is 1. The Labute approximate surface area is 176 Å². The zero-order chi connectivity index (χ0) is 21.6. The van der Waals surface area contributed by atoms with E-state index in [1.54, 1.807) is 19.1 Å². The number of rotatable bonds is 5. The normalized spacial score (nSPS) is 24.1. The first-order chi connectivity index (χ1) is 14.3. The first-order valence-electron chi connectivity index (χ1n) is 9.51. The number of allylic oxidation sites excluding steroid dienone is 2. The number of halogens is 1. The Balaban J connectivity index is 1.71. The zero-order valence-corrected chi connectivity index (χ0v) is 17.2. The van der Waals surface area contributed by atoms with Gasteiger partial charge in [0.2, 0.25) is 5.91 Å². The predicted molar refractivity (Wildman–Crippen MR) is 110 cm³/mol. The van der Waals surface area contributed by atoms with Crippen LogP contribution in [0.25, 0.3) is 11.1 Å². The lowest BCUT2D eigenvalue weighted by Gasteiger charge is -2.23. The van der Waals surface area contributed by atoms with Crippen molar-refractivity contribution < 1.29 is 28.6 Å². The van der Waals surface area contributed by atoms with Crippen molar-refractivity contribution in [3.8, 4) is 11.1 Å². The lowest BCUT2D eigenvalue weighted by atomic mass is 9.82. The number of amides is 1. The molecule has 2 aliphatic rings. The van der Waals surface area contributed by atoms with Gasteiger partial charge in [-0.2, -0.15) is 0 Å². The maximum Gasteiger partial charge on any atom is 0.341 e. The fraction of sp³-hybridized carbons (Fsp3) is 0.318. The van der Waals surface area contributed by atoms with Crippen LogP contribution in [-0.4, -0.2) is 30.1 Å². The lowest BCUT2D eigenvalue weighted by molar-refractivity contribution is -0.146. The summed E-state index contributed by atoms with van der Waals surface area (Å²) in [7, 11) is 1.25. The molecule has 0 saturated heterocycles. The van der Waals surface area contributed by atoms with Crippen LogP contribution in [-0.2, 0) is 14.3 Å². The quantitative estimate of drug-likeness (QED) is 0.551. The van der Waals surface area contributed by atoms with E-state index in [1.165, 1.54) is 30.6 Å². The van der Waals surface area contributed by atoms with E-state index in [4.69, 9.17) is 4.74 Å². The number of carbonyl (C=O) groups is 3. The fourth-order valence-electron chi connectivity index (χ4n) is 4.61. The Morgan fingerprint density at radius 2 is 1.77 bits per heavy atom. The summed E-state index contributed by atoms with van der Waals surface area (Å²) in [5, 5.41) is 12.7. The molecule has 8 heteroatoms. The van der Waals surface area contributed by atoms with E-state index < -0.39 is 35.5 Å². The Bertz CT molecular complexity index is 1060. The van der Waals surface area contributed by atoms with Gasteiger partial charge in [-0.25, -0.2) is 9.18 Å². The number of benzene rings is 1. The first-order valence-corrected chi connectivity index (χ1v) is 10.3. The number of aryl methyl sites for hydroxylation is 1. The number of carbonyl (C=O) groups excluding carboxylic acids is 2. The molecule has 1 heterocycles. The molecular formula is C22H20FNO5S. The Kier molecular flexibility index (Phi) is 5.19. The third kappa shape index (κ3) is 3.31. The third-order valence-corrected chi connectivity index (χ3v) is 6.91. The van der Waals surface area contributed by atoms with Gasteiger partial charge in [-0.05, 0) is 42.9 Å². The number of thiophene rings is 1. The summed E-state index contributed by atoms with van der Waals surface area (Å²) >= 11 is 1.21. The van der Waals surface area contributed by atoms with Crippen LogP contribution in [0.3, 0.4) is 0 Å². The Hall–Kier alpha value is -3.00. The van der Waals surface area contributed by atoms with Crippen molar-refractivity contribution in [2.45, 2.75) is 13.3 Å². The number of aliphatic carboxylic acids is 1. The Morgan fingerprint density at radius 3 is 2.37 bits per heavy atom. The van der Waals surface area contributed by atoms with E-state index in [2.05, 4.69) is 5.32 Å². The van der Waals surface area contributed by atoms with E-state index in [1.807, 2.05) is 12.2 Å². The molecule has 4 atom stereocenters. The van der Waals surface area contributed by atoms with Crippen molar-refractivity contribution in [2.75, 3.05) is 12.4 Å². The van der Waals surface area contributed by atoms with E-state index in [0.717, 1.165) is 4.88 Å². The highest BCUT2D eigenvalue weighted by Gasteiger charge is 2.51. The molecular weight excluding hydrogens is 409 g/mol. The van der Waals surface area contributed by atoms with Crippen LogP contribution in [0, 0.1) is 36.4 Å². The molecule has 2 aromatic rings. The molecule has 0 unspecified atom stereocenters. The number of ether oxygens (including phenoxy) is 1. The summed E-state index contributed by atoms with van der Waals surface area (Å²) in [5.74, 6) is -4.19. The minimum absolute atomic E-state index is 0.129. The highest BCUT2D eigenvalue weighted by atomic mass is 32.1. The molecule has 1 fully saturated rings. The largest absolute Gasteiger partial charge is 0.481 e. The van der Waals surface area contributed by atoms with Crippen molar-refractivity contribution in [1.29, 1.82) is 0 Å². The molecule has 2 aliphatic carbocycles. The number of hydrogen-bond acceptors (Lipinski definition) is 5. The summed E-state index contributed by atoms with van der Waals surface area (Å²) < 4.78 is 18.3. The van der Waals surface area contributed by atoms with E-state index in [9.17, 15) is 23.9 Å². The number of fused-ring (bicyclic) bond motifs is 2. The molecule has 2 bridgehead atoms. The number of hydrogen-bond donors (Lipinski definition) is 2. The van der Waals surface area contributed by atoms with Crippen molar-refractivity contribution in [2.24, 2.45) is 23.7 Å². The van der Waals surface area contributed by atoms with Crippen LogP contribution in [0.5, 0.6) is 0 Å². The fourth-order valence-corrected chi connectivity index (χ4v) is 5.67. The number of carboxylic acids is 1. The number of methoxy groups -OCH3 is 1. The van der Waals surface area contributed by atoms with E-state index in [-0.39, 0.29) is 17.4 Å². The zero-order valence-electron chi connectivity index (χ0n) is 16.3. The third-order valence-electron chi connectivity index (χ3n) is 5.89. The van der Waals surface area contributed by atoms with E-state index in [0.29, 0.717) is 22.5 Å². The number of nitrogens with one attached hydrogen (secondary N) is 1. The predicted octanol–water partition coefficient (Wildman–Crippen LogP) is 4.11. The summed E-state index contributed by atoms with van der Waals surface area (Å²) in [6.07, 6.45) is 4.41. The van der Waals surface area contributed by atoms with Crippen LogP contribution >= 0.6 is 11.3 Å². The lowest BCUT2D eigenvalue weighted by Crippen LogP contribution is -2.36. The monoisotopic (exact) mass is 429 g/mol. The first kappa shape index (κ1) is 20.3. The second kappa shape index (κ2) is 7.68. The second-order valence-electron chi connectivity index (χ2n) is 7.56. The van der Waals surface area contributed by atoms with Crippen molar-refractivity contribution in [1.82, 2.24) is 0 Å². The highest BCUT2D eigenvalue weighted by molar-refractivity contribution is 7.17. The summed E-state index contributed by atoms with van der Waals surface area (Å²) in [6.45, 7) is 1.80. The van der Waals surface area contributed by atoms with Gasteiger partial charge in [0.05, 0.1) is 18.9 Å². The molecule has 1 saturated carbocycles. The molecule has 0 radical (unpaired) electrons. The molecule has 6 nitrogen and oxygen atoms in total. The molecule has 30 heavy (non-hydrogen) atoms. The van der Waals surface area contributed by atoms with Gasteiger partial charge in [0.15, 0.2) is 0 Å².